The summed E-state index contributed by atoms with van der Waals surface area (Å²) < 4.78 is 12.3. The number of benzene rings is 2. The Morgan fingerprint density at radius 1 is 1.05 bits per heavy atom. The Labute approximate surface area is 254 Å². The van der Waals surface area contributed by atoms with Crippen molar-refractivity contribution in [2.24, 2.45) is 11.8 Å². The molecule has 0 spiro atoms. The van der Waals surface area contributed by atoms with E-state index >= 15 is 0 Å². The molecule has 3 aromatic rings. The normalized spacial score (nSPS) is 20.1. The zero-order valence-corrected chi connectivity index (χ0v) is 25.2. The molecule has 1 aliphatic heterocycles. The summed E-state index contributed by atoms with van der Waals surface area (Å²) in [6, 6.07) is 13.7. The lowest BCUT2D eigenvalue weighted by atomic mass is 9.81. The predicted octanol–water partition coefficient (Wildman–Crippen LogP) is 4.41. The fourth-order valence-electron chi connectivity index (χ4n) is 5.68. The minimum atomic E-state index is -0.414. The van der Waals surface area contributed by atoms with Crippen molar-refractivity contribution in [3.63, 3.8) is 0 Å². The molecule has 10 nitrogen and oxygen atoms in total. The Bertz CT molecular complexity index is 1490. The number of rotatable bonds is 11. The van der Waals surface area contributed by atoms with Crippen molar-refractivity contribution in [3.05, 3.63) is 64.4 Å². The molecule has 43 heavy (non-hydrogen) atoms. The fourth-order valence-corrected chi connectivity index (χ4v) is 6.49. The van der Waals surface area contributed by atoms with Gasteiger partial charge in [0.05, 0.1) is 34.9 Å². The zero-order valence-electron chi connectivity index (χ0n) is 24.4. The Morgan fingerprint density at radius 2 is 1.81 bits per heavy atom. The second-order valence-electron chi connectivity index (χ2n) is 11.1. The van der Waals surface area contributed by atoms with Gasteiger partial charge < -0.3 is 20.1 Å². The van der Waals surface area contributed by atoms with Crippen LogP contribution in [-0.4, -0.2) is 59.0 Å². The standard InChI is InChI=1S/C32H38N4O6S/c1-2-41-31(40)23-13-15-24(16-14-23)34-28(37)20-43-32-35-27-8-4-3-7-26(27)30(39)36(32)19-21-9-11-22(12-10-21)29(38)33-18-25-6-5-17-42-25/h3-4,7-8,13-16,21-22,25H,2,5-6,9-12,17-20H2,1H3,(H,33,38)(H,34,37). The molecule has 5 rings (SSSR count). The third-order valence-corrected chi connectivity index (χ3v) is 9.00. The Hall–Kier alpha value is -3.70. The van der Waals surface area contributed by atoms with Crippen molar-refractivity contribution in [2.75, 3.05) is 30.8 Å². The number of fused-ring (bicyclic) bond motifs is 1. The number of carbonyl (C=O) groups excluding carboxylic acids is 3. The number of anilines is 1. The lowest BCUT2D eigenvalue weighted by molar-refractivity contribution is -0.126. The Kier molecular flexibility index (Phi) is 10.5. The van der Waals surface area contributed by atoms with Crippen LogP contribution in [0.3, 0.4) is 0 Å². The van der Waals surface area contributed by atoms with Gasteiger partial charge >= 0.3 is 5.97 Å². The van der Waals surface area contributed by atoms with Crippen LogP contribution in [0.1, 0.15) is 55.8 Å². The van der Waals surface area contributed by atoms with Crippen LogP contribution in [-0.2, 0) is 25.6 Å². The van der Waals surface area contributed by atoms with Gasteiger partial charge in [-0.2, -0.15) is 0 Å². The van der Waals surface area contributed by atoms with Crippen LogP contribution < -0.4 is 16.2 Å². The molecule has 0 radical (unpaired) electrons. The molecule has 1 unspecified atom stereocenters. The summed E-state index contributed by atoms with van der Waals surface area (Å²) in [6.07, 6.45) is 5.39. The van der Waals surface area contributed by atoms with Crippen molar-refractivity contribution in [1.29, 1.82) is 0 Å². The molecule has 0 bridgehead atoms. The molecule has 1 saturated heterocycles. The van der Waals surface area contributed by atoms with Gasteiger partial charge in [-0.1, -0.05) is 23.9 Å². The number of carbonyl (C=O) groups is 3. The molecule has 1 atom stereocenters. The van der Waals surface area contributed by atoms with Crippen LogP contribution in [0, 0.1) is 11.8 Å². The van der Waals surface area contributed by atoms with E-state index in [1.54, 1.807) is 47.9 Å². The molecule has 2 heterocycles. The highest BCUT2D eigenvalue weighted by atomic mass is 32.2. The molecule has 2 N–H and O–H groups in total. The van der Waals surface area contributed by atoms with Crippen LogP contribution >= 0.6 is 11.8 Å². The third kappa shape index (κ3) is 8.03. The lowest BCUT2D eigenvalue weighted by Crippen LogP contribution is -2.38. The molecule has 11 heteroatoms. The van der Waals surface area contributed by atoms with E-state index in [1.807, 2.05) is 12.1 Å². The maximum atomic E-state index is 13.6. The van der Waals surface area contributed by atoms with E-state index in [2.05, 4.69) is 10.6 Å². The average Bonchev–Trinajstić information content (AvgIpc) is 3.55. The minimum absolute atomic E-state index is 0.0204. The summed E-state index contributed by atoms with van der Waals surface area (Å²) in [7, 11) is 0. The van der Waals surface area contributed by atoms with E-state index in [-0.39, 0.29) is 47.7 Å². The third-order valence-electron chi connectivity index (χ3n) is 8.03. The van der Waals surface area contributed by atoms with Crippen LogP contribution in [0.4, 0.5) is 5.69 Å². The largest absolute Gasteiger partial charge is 0.462 e. The van der Waals surface area contributed by atoms with E-state index in [0.717, 1.165) is 45.1 Å². The van der Waals surface area contributed by atoms with Crippen LogP contribution in [0.15, 0.2) is 58.5 Å². The topological polar surface area (TPSA) is 129 Å². The maximum Gasteiger partial charge on any atom is 0.338 e. The first-order chi connectivity index (χ1) is 20.9. The number of hydrogen-bond donors (Lipinski definition) is 2. The van der Waals surface area contributed by atoms with E-state index in [4.69, 9.17) is 14.5 Å². The molecule has 2 fully saturated rings. The zero-order chi connectivity index (χ0) is 30.2. The van der Waals surface area contributed by atoms with Crippen LogP contribution in [0.2, 0.25) is 0 Å². The molecule has 2 aromatic carbocycles. The smallest absolute Gasteiger partial charge is 0.338 e. The number of nitrogens with zero attached hydrogens (tertiary/aromatic N) is 2. The number of thioether (sulfide) groups is 1. The molecular formula is C32H38N4O6S. The molecule has 2 amide bonds. The maximum absolute atomic E-state index is 13.6. The van der Waals surface area contributed by atoms with Crippen molar-refractivity contribution in [2.45, 2.75) is 63.3 Å². The van der Waals surface area contributed by atoms with Gasteiger partial charge in [0, 0.05) is 31.3 Å². The Balaban J connectivity index is 1.20. The van der Waals surface area contributed by atoms with Gasteiger partial charge in [0.15, 0.2) is 5.16 Å². The highest BCUT2D eigenvalue weighted by Gasteiger charge is 2.28. The molecule has 1 saturated carbocycles. The summed E-state index contributed by atoms with van der Waals surface area (Å²) in [5, 5.41) is 6.93. The number of para-hydroxylation sites is 1. The number of aromatic nitrogens is 2. The van der Waals surface area contributed by atoms with E-state index < -0.39 is 5.97 Å². The quantitative estimate of drug-likeness (QED) is 0.187. The minimum Gasteiger partial charge on any atom is -0.462 e. The van der Waals surface area contributed by atoms with Gasteiger partial charge in [0.2, 0.25) is 11.8 Å². The SMILES string of the molecule is CCOC(=O)c1ccc(NC(=O)CSc2nc3ccccc3c(=O)n2CC2CCC(C(=O)NCC3CCCO3)CC2)cc1. The first-order valence-corrected chi connectivity index (χ1v) is 16.0. The molecule has 1 aliphatic carbocycles. The van der Waals surface area contributed by atoms with Gasteiger partial charge in [0.25, 0.3) is 5.56 Å². The van der Waals surface area contributed by atoms with E-state index in [0.29, 0.717) is 40.4 Å². The summed E-state index contributed by atoms with van der Waals surface area (Å²) in [4.78, 5) is 55.7. The highest BCUT2D eigenvalue weighted by molar-refractivity contribution is 7.99. The van der Waals surface area contributed by atoms with Crippen molar-refractivity contribution in [3.8, 4) is 0 Å². The second-order valence-corrected chi connectivity index (χ2v) is 12.0. The number of amides is 2. The summed E-state index contributed by atoms with van der Waals surface area (Å²) in [5.41, 5.74) is 1.43. The van der Waals surface area contributed by atoms with Gasteiger partial charge in [-0.25, -0.2) is 9.78 Å². The van der Waals surface area contributed by atoms with Crippen molar-refractivity contribution in [1.82, 2.24) is 14.9 Å². The van der Waals surface area contributed by atoms with Gasteiger partial charge in [-0.15, -0.1) is 0 Å². The summed E-state index contributed by atoms with van der Waals surface area (Å²) >= 11 is 1.22. The van der Waals surface area contributed by atoms with E-state index in [1.165, 1.54) is 11.8 Å². The lowest BCUT2D eigenvalue weighted by Gasteiger charge is -2.29. The van der Waals surface area contributed by atoms with Crippen molar-refractivity contribution >= 4 is 46.1 Å². The average molecular weight is 607 g/mol. The number of ether oxygens (including phenoxy) is 2. The van der Waals surface area contributed by atoms with E-state index in [9.17, 15) is 19.2 Å². The predicted molar refractivity (Wildman–Crippen MR) is 165 cm³/mol. The Morgan fingerprint density at radius 3 is 2.53 bits per heavy atom. The van der Waals surface area contributed by atoms with Crippen LogP contribution in [0.25, 0.3) is 10.9 Å². The summed E-state index contributed by atoms with van der Waals surface area (Å²) in [5.74, 6) is -0.305. The molecule has 2 aliphatic rings. The number of nitrogens with one attached hydrogen (secondary N) is 2. The van der Waals surface area contributed by atoms with Crippen molar-refractivity contribution < 1.29 is 23.9 Å². The fraction of sp³-hybridized carbons (Fsp3) is 0.469. The molecule has 1 aromatic heterocycles. The second kappa shape index (κ2) is 14.7. The summed E-state index contributed by atoms with van der Waals surface area (Å²) in [6.45, 7) is 3.86. The molecule has 228 valence electrons. The first kappa shape index (κ1) is 30.7. The van der Waals surface area contributed by atoms with Gasteiger partial charge in [-0.3, -0.25) is 19.0 Å². The van der Waals surface area contributed by atoms with Crippen LogP contribution in [0.5, 0.6) is 0 Å². The first-order valence-electron chi connectivity index (χ1n) is 15.0. The van der Waals surface area contributed by atoms with Gasteiger partial charge in [-0.05, 0) is 87.8 Å². The molecular weight excluding hydrogens is 568 g/mol. The van der Waals surface area contributed by atoms with Gasteiger partial charge in [0.1, 0.15) is 0 Å². The monoisotopic (exact) mass is 606 g/mol. The highest BCUT2D eigenvalue weighted by Crippen LogP contribution is 2.31. The number of hydrogen-bond acceptors (Lipinski definition) is 8. The number of esters is 1.